The molecule has 2 fully saturated rings. The maximum atomic E-state index is 3.55. The summed E-state index contributed by atoms with van der Waals surface area (Å²) in [5.74, 6) is 0.891. The standard InChI is InChI=1S/C13H27N3/c1-14-13(11-16-7-3-4-8-16)12-5-9-15(2)10-6-12/h12-14H,3-11H2,1-2H3. The molecule has 2 heterocycles. The van der Waals surface area contributed by atoms with Crippen LogP contribution in [0.25, 0.3) is 0 Å². The van der Waals surface area contributed by atoms with Crippen LogP contribution in [0.1, 0.15) is 25.7 Å². The van der Waals surface area contributed by atoms with E-state index < -0.39 is 0 Å². The zero-order chi connectivity index (χ0) is 11.4. The lowest BCUT2D eigenvalue weighted by Crippen LogP contribution is -2.46. The summed E-state index contributed by atoms with van der Waals surface area (Å²) in [4.78, 5) is 5.10. The molecule has 0 saturated carbocycles. The molecule has 2 aliphatic rings. The molecular weight excluding hydrogens is 198 g/mol. The molecule has 2 saturated heterocycles. The molecule has 0 spiro atoms. The highest BCUT2D eigenvalue weighted by Crippen LogP contribution is 2.21. The average Bonchev–Trinajstić information content (AvgIpc) is 2.80. The number of likely N-dealkylation sites (N-methyl/N-ethyl adjacent to an activating group) is 1. The van der Waals surface area contributed by atoms with Crippen molar-refractivity contribution in [2.45, 2.75) is 31.7 Å². The summed E-state index contributed by atoms with van der Waals surface area (Å²) in [5, 5.41) is 3.55. The molecule has 0 aromatic carbocycles. The van der Waals surface area contributed by atoms with E-state index in [9.17, 15) is 0 Å². The third-order valence-electron chi connectivity index (χ3n) is 4.36. The molecule has 0 aromatic rings. The van der Waals surface area contributed by atoms with E-state index in [0.29, 0.717) is 6.04 Å². The van der Waals surface area contributed by atoms with Crippen molar-refractivity contribution in [3.8, 4) is 0 Å². The van der Waals surface area contributed by atoms with Crippen LogP contribution < -0.4 is 5.32 Å². The van der Waals surface area contributed by atoms with E-state index in [1.165, 1.54) is 58.4 Å². The number of likely N-dealkylation sites (tertiary alicyclic amines) is 2. The molecule has 0 radical (unpaired) electrons. The smallest absolute Gasteiger partial charge is 0.0221 e. The summed E-state index contributed by atoms with van der Waals surface area (Å²) in [6.07, 6.45) is 5.55. The molecule has 2 aliphatic heterocycles. The van der Waals surface area contributed by atoms with Crippen LogP contribution in [-0.2, 0) is 0 Å². The van der Waals surface area contributed by atoms with E-state index in [2.05, 4.69) is 29.2 Å². The Hall–Kier alpha value is -0.120. The Labute approximate surface area is 100 Å². The summed E-state index contributed by atoms with van der Waals surface area (Å²) >= 11 is 0. The fourth-order valence-electron chi connectivity index (χ4n) is 3.15. The predicted molar refractivity (Wildman–Crippen MR) is 68.7 cm³/mol. The molecule has 3 nitrogen and oxygen atoms in total. The average molecular weight is 225 g/mol. The van der Waals surface area contributed by atoms with Crippen LogP contribution in [-0.4, -0.2) is 62.7 Å². The van der Waals surface area contributed by atoms with Crippen molar-refractivity contribution in [3.05, 3.63) is 0 Å². The van der Waals surface area contributed by atoms with Crippen molar-refractivity contribution in [3.63, 3.8) is 0 Å². The van der Waals surface area contributed by atoms with Crippen molar-refractivity contribution < 1.29 is 0 Å². The Kier molecular flexibility index (Phi) is 4.62. The Morgan fingerprint density at radius 3 is 2.31 bits per heavy atom. The highest BCUT2D eigenvalue weighted by molar-refractivity contribution is 4.84. The summed E-state index contributed by atoms with van der Waals surface area (Å²) < 4.78 is 0. The van der Waals surface area contributed by atoms with Crippen molar-refractivity contribution in [1.82, 2.24) is 15.1 Å². The monoisotopic (exact) mass is 225 g/mol. The van der Waals surface area contributed by atoms with Gasteiger partial charge in [-0.1, -0.05) is 0 Å². The van der Waals surface area contributed by atoms with E-state index in [4.69, 9.17) is 0 Å². The summed E-state index contributed by atoms with van der Waals surface area (Å²) in [7, 11) is 4.38. The molecule has 0 aliphatic carbocycles. The van der Waals surface area contributed by atoms with E-state index in [1.54, 1.807) is 0 Å². The Bertz CT molecular complexity index is 193. The number of nitrogens with one attached hydrogen (secondary N) is 1. The predicted octanol–water partition coefficient (Wildman–Crippen LogP) is 1.01. The van der Waals surface area contributed by atoms with Gasteiger partial charge >= 0.3 is 0 Å². The topological polar surface area (TPSA) is 18.5 Å². The number of hydrogen-bond donors (Lipinski definition) is 1. The van der Waals surface area contributed by atoms with Gasteiger partial charge in [-0.25, -0.2) is 0 Å². The molecule has 0 bridgehead atoms. The van der Waals surface area contributed by atoms with Gasteiger partial charge in [0.05, 0.1) is 0 Å². The SMILES string of the molecule is CNC(CN1CCCC1)C1CCN(C)CC1. The minimum Gasteiger partial charge on any atom is -0.315 e. The second kappa shape index (κ2) is 5.99. The van der Waals surface area contributed by atoms with Crippen molar-refractivity contribution in [2.24, 2.45) is 5.92 Å². The second-order valence-electron chi connectivity index (χ2n) is 5.54. The molecule has 1 N–H and O–H groups in total. The van der Waals surface area contributed by atoms with E-state index in [-0.39, 0.29) is 0 Å². The van der Waals surface area contributed by atoms with Crippen molar-refractivity contribution in [1.29, 1.82) is 0 Å². The fraction of sp³-hybridized carbons (Fsp3) is 1.00. The summed E-state index contributed by atoms with van der Waals surface area (Å²) in [6.45, 7) is 6.48. The first-order chi connectivity index (χ1) is 7.79. The molecule has 0 aromatic heterocycles. The number of piperidine rings is 1. The third-order valence-corrected chi connectivity index (χ3v) is 4.36. The summed E-state index contributed by atoms with van der Waals surface area (Å²) in [6, 6.07) is 0.715. The Morgan fingerprint density at radius 1 is 1.12 bits per heavy atom. The number of nitrogens with zero attached hydrogens (tertiary/aromatic N) is 2. The largest absolute Gasteiger partial charge is 0.315 e. The first-order valence-electron chi connectivity index (χ1n) is 6.88. The van der Waals surface area contributed by atoms with Gasteiger partial charge in [-0.15, -0.1) is 0 Å². The molecule has 1 atom stereocenters. The number of rotatable bonds is 4. The first-order valence-corrected chi connectivity index (χ1v) is 6.88. The van der Waals surface area contributed by atoms with Crippen molar-refractivity contribution >= 4 is 0 Å². The van der Waals surface area contributed by atoms with Crippen LogP contribution in [0.3, 0.4) is 0 Å². The lowest BCUT2D eigenvalue weighted by atomic mass is 9.89. The summed E-state index contributed by atoms with van der Waals surface area (Å²) in [5.41, 5.74) is 0. The lowest BCUT2D eigenvalue weighted by molar-refractivity contribution is 0.163. The molecule has 0 amide bonds. The van der Waals surface area contributed by atoms with Gasteiger partial charge < -0.3 is 15.1 Å². The van der Waals surface area contributed by atoms with Crippen LogP contribution in [0.5, 0.6) is 0 Å². The minimum absolute atomic E-state index is 0.715. The van der Waals surface area contributed by atoms with E-state index in [0.717, 1.165) is 5.92 Å². The maximum Gasteiger partial charge on any atom is 0.0221 e. The molecular formula is C13H27N3. The molecule has 16 heavy (non-hydrogen) atoms. The van der Waals surface area contributed by atoms with Crippen LogP contribution in [0.2, 0.25) is 0 Å². The molecule has 94 valence electrons. The van der Waals surface area contributed by atoms with Crippen LogP contribution in [0.15, 0.2) is 0 Å². The van der Waals surface area contributed by atoms with Gasteiger partial charge in [0.25, 0.3) is 0 Å². The molecule has 1 unspecified atom stereocenters. The van der Waals surface area contributed by atoms with Gasteiger partial charge in [-0.2, -0.15) is 0 Å². The highest BCUT2D eigenvalue weighted by atomic mass is 15.2. The van der Waals surface area contributed by atoms with Gasteiger partial charge in [0.2, 0.25) is 0 Å². The van der Waals surface area contributed by atoms with Gasteiger partial charge in [0.1, 0.15) is 0 Å². The second-order valence-corrected chi connectivity index (χ2v) is 5.54. The molecule has 3 heteroatoms. The van der Waals surface area contributed by atoms with Crippen LogP contribution >= 0.6 is 0 Å². The van der Waals surface area contributed by atoms with Gasteiger partial charge in [-0.05, 0) is 71.9 Å². The molecule has 2 rings (SSSR count). The lowest BCUT2D eigenvalue weighted by Gasteiger charge is -2.36. The zero-order valence-corrected chi connectivity index (χ0v) is 10.9. The van der Waals surface area contributed by atoms with Gasteiger partial charge in [0.15, 0.2) is 0 Å². The Balaban J connectivity index is 1.79. The first kappa shape index (κ1) is 12.3. The number of hydrogen-bond acceptors (Lipinski definition) is 3. The van der Waals surface area contributed by atoms with E-state index >= 15 is 0 Å². The minimum atomic E-state index is 0.715. The highest BCUT2D eigenvalue weighted by Gasteiger charge is 2.26. The normalized spacial score (nSPS) is 27.4. The zero-order valence-electron chi connectivity index (χ0n) is 10.9. The Morgan fingerprint density at radius 2 is 1.75 bits per heavy atom. The third kappa shape index (κ3) is 3.19. The van der Waals surface area contributed by atoms with Crippen LogP contribution in [0, 0.1) is 5.92 Å². The van der Waals surface area contributed by atoms with Gasteiger partial charge in [-0.3, -0.25) is 0 Å². The quantitative estimate of drug-likeness (QED) is 0.770. The fourth-order valence-corrected chi connectivity index (χ4v) is 3.15. The van der Waals surface area contributed by atoms with Crippen LogP contribution in [0.4, 0.5) is 0 Å². The maximum absolute atomic E-state index is 3.55. The van der Waals surface area contributed by atoms with E-state index in [1.807, 2.05) is 0 Å². The van der Waals surface area contributed by atoms with Gasteiger partial charge in [0, 0.05) is 12.6 Å². The van der Waals surface area contributed by atoms with Crippen molar-refractivity contribution in [2.75, 3.05) is 46.8 Å².